The van der Waals surface area contributed by atoms with E-state index in [2.05, 4.69) is 17.6 Å². The van der Waals surface area contributed by atoms with Crippen molar-refractivity contribution in [3.8, 4) is 0 Å². The Bertz CT molecular complexity index is 472. The standard InChI is InChI=1S/C15H27N3O6S/c16-12(7-2-1-5-9-25)17-8-4-3-6-11(14(21)22)18(15(23)24)10-13(19)20/h11,25H,1-10H2,(H2,16,17)(H,19,20)(H,21,22)(H,23,24). The highest BCUT2D eigenvalue weighted by molar-refractivity contribution is 7.80. The molecule has 0 spiro atoms. The molecule has 5 N–H and O–H groups in total. The van der Waals surface area contributed by atoms with Crippen molar-refractivity contribution in [3.63, 3.8) is 0 Å². The van der Waals surface area contributed by atoms with E-state index in [0.29, 0.717) is 36.5 Å². The lowest BCUT2D eigenvalue weighted by atomic mass is 10.1. The Kier molecular flexibility index (Phi) is 12.3. The summed E-state index contributed by atoms with van der Waals surface area (Å²) < 4.78 is 0. The first kappa shape index (κ1) is 23.0. The van der Waals surface area contributed by atoms with Crippen molar-refractivity contribution in [1.82, 2.24) is 4.90 Å². The van der Waals surface area contributed by atoms with Gasteiger partial charge in [0.05, 0.1) is 5.84 Å². The van der Waals surface area contributed by atoms with Crippen molar-refractivity contribution in [1.29, 1.82) is 0 Å². The number of nitrogens with two attached hydrogens (primary N) is 1. The Balaban J connectivity index is 4.29. The summed E-state index contributed by atoms with van der Waals surface area (Å²) in [5.41, 5.74) is 5.77. The summed E-state index contributed by atoms with van der Waals surface area (Å²) in [4.78, 5) is 37.6. The van der Waals surface area contributed by atoms with Gasteiger partial charge in [0.1, 0.15) is 12.6 Å². The zero-order chi connectivity index (χ0) is 19.2. The molecule has 0 saturated carbocycles. The number of carboxylic acid groups (broad SMARTS) is 3. The minimum absolute atomic E-state index is 0.0201. The number of nitrogens with zero attached hydrogens (tertiary/aromatic N) is 2. The lowest BCUT2D eigenvalue weighted by molar-refractivity contribution is -0.145. The van der Waals surface area contributed by atoms with Gasteiger partial charge in [-0.2, -0.15) is 12.6 Å². The molecule has 1 unspecified atom stereocenters. The number of aliphatic imine (C=N–C) groups is 1. The molecule has 0 heterocycles. The summed E-state index contributed by atoms with van der Waals surface area (Å²) in [5.74, 6) is -1.37. The van der Waals surface area contributed by atoms with E-state index in [1.165, 1.54) is 0 Å². The van der Waals surface area contributed by atoms with Gasteiger partial charge in [0.15, 0.2) is 0 Å². The smallest absolute Gasteiger partial charge is 0.408 e. The van der Waals surface area contributed by atoms with Crippen LogP contribution in [0.4, 0.5) is 4.79 Å². The number of amides is 1. The Morgan fingerprint density at radius 2 is 1.72 bits per heavy atom. The Morgan fingerprint density at radius 1 is 1.04 bits per heavy atom. The Hall–Kier alpha value is -1.97. The largest absolute Gasteiger partial charge is 0.480 e. The second-order valence-corrected chi connectivity index (χ2v) is 6.01. The van der Waals surface area contributed by atoms with E-state index in [9.17, 15) is 14.4 Å². The molecule has 0 bridgehead atoms. The van der Waals surface area contributed by atoms with E-state index >= 15 is 0 Å². The third kappa shape index (κ3) is 11.2. The SMILES string of the molecule is NC(CCCCCS)=NCCCCC(C(=O)O)N(CC(=O)O)C(=O)O. The number of hydrogen-bond donors (Lipinski definition) is 5. The van der Waals surface area contributed by atoms with E-state index < -0.39 is 30.6 Å². The van der Waals surface area contributed by atoms with Gasteiger partial charge in [0.2, 0.25) is 0 Å². The molecule has 0 saturated heterocycles. The summed E-state index contributed by atoms with van der Waals surface area (Å²) in [5, 5.41) is 26.8. The summed E-state index contributed by atoms with van der Waals surface area (Å²) in [6.45, 7) is -0.444. The normalized spacial score (nSPS) is 12.6. The number of hydrogen-bond acceptors (Lipinski definition) is 5. The molecule has 0 aromatic carbocycles. The van der Waals surface area contributed by atoms with Crippen LogP contribution in [-0.4, -0.2) is 69.0 Å². The van der Waals surface area contributed by atoms with Crippen LogP contribution in [0.2, 0.25) is 0 Å². The van der Waals surface area contributed by atoms with E-state index in [4.69, 9.17) is 21.1 Å². The molecular weight excluding hydrogens is 350 g/mol. The van der Waals surface area contributed by atoms with Crippen LogP contribution in [0, 0.1) is 0 Å². The van der Waals surface area contributed by atoms with Gasteiger partial charge in [-0.1, -0.05) is 6.42 Å². The number of thiol groups is 1. The molecule has 10 heteroatoms. The summed E-state index contributed by atoms with van der Waals surface area (Å²) >= 11 is 4.12. The fraction of sp³-hybridized carbons (Fsp3) is 0.733. The molecule has 1 amide bonds. The molecule has 0 aliphatic carbocycles. The van der Waals surface area contributed by atoms with Gasteiger partial charge in [-0.25, -0.2) is 9.59 Å². The van der Waals surface area contributed by atoms with Gasteiger partial charge in [-0.3, -0.25) is 14.7 Å². The third-order valence-corrected chi connectivity index (χ3v) is 3.82. The van der Waals surface area contributed by atoms with Gasteiger partial charge in [-0.05, 0) is 37.9 Å². The van der Waals surface area contributed by atoms with Crippen molar-refractivity contribution >= 4 is 36.5 Å². The molecular formula is C15H27N3O6S. The first-order valence-corrected chi connectivity index (χ1v) is 8.76. The molecule has 25 heavy (non-hydrogen) atoms. The second kappa shape index (κ2) is 13.3. The van der Waals surface area contributed by atoms with Crippen LogP contribution in [0.3, 0.4) is 0 Å². The maximum atomic E-state index is 11.2. The van der Waals surface area contributed by atoms with Gasteiger partial charge in [-0.15, -0.1) is 0 Å². The zero-order valence-corrected chi connectivity index (χ0v) is 15.0. The number of amidine groups is 1. The molecule has 9 nitrogen and oxygen atoms in total. The highest BCUT2D eigenvalue weighted by Gasteiger charge is 2.30. The second-order valence-electron chi connectivity index (χ2n) is 5.56. The van der Waals surface area contributed by atoms with Gasteiger partial charge >= 0.3 is 18.0 Å². The van der Waals surface area contributed by atoms with Crippen molar-refractivity contribution < 1.29 is 29.7 Å². The topological polar surface area (TPSA) is 154 Å². The minimum Gasteiger partial charge on any atom is -0.480 e. The van der Waals surface area contributed by atoms with Crippen molar-refractivity contribution in [2.24, 2.45) is 10.7 Å². The minimum atomic E-state index is -1.57. The highest BCUT2D eigenvalue weighted by atomic mass is 32.1. The molecule has 0 rings (SSSR count). The van der Waals surface area contributed by atoms with Crippen LogP contribution >= 0.6 is 12.6 Å². The highest BCUT2D eigenvalue weighted by Crippen LogP contribution is 2.10. The predicted molar refractivity (Wildman–Crippen MR) is 96.5 cm³/mol. The summed E-state index contributed by atoms with van der Waals surface area (Å²) in [6.07, 6.45) is 3.11. The summed E-state index contributed by atoms with van der Waals surface area (Å²) in [7, 11) is 0. The molecule has 0 aromatic rings. The van der Waals surface area contributed by atoms with Crippen LogP contribution in [0.25, 0.3) is 0 Å². The Labute approximate surface area is 152 Å². The lowest BCUT2D eigenvalue weighted by Crippen LogP contribution is -2.47. The maximum absolute atomic E-state index is 11.2. The number of carbonyl (C=O) groups is 3. The fourth-order valence-electron chi connectivity index (χ4n) is 2.22. The molecule has 0 aliphatic heterocycles. The van der Waals surface area contributed by atoms with Crippen molar-refractivity contribution in [2.45, 2.75) is 51.0 Å². The van der Waals surface area contributed by atoms with E-state index in [0.717, 1.165) is 25.0 Å². The summed E-state index contributed by atoms with van der Waals surface area (Å²) in [6, 6.07) is -1.39. The number of aliphatic carboxylic acids is 2. The average molecular weight is 377 g/mol. The molecule has 0 radical (unpaired) electrons. The van der Waals surface area contributed by atoms with Crippen LogP contribution in [0.1, 0.15) is 44.9 Å². The lowest BCUT2D eigenvalue weighted by Gasteiger charge is -2.24. The van der Waals surface area contributed by atoms with E-state index in [-0.39, 0.29) is 6.42 Å². The number of carboxylic acids is 2. The number of rotatable bonds is 14. The zero-order valence-electron chi connectivity index (χ0n) is 14.1. The Morgan fingerprint density at radius 3 is 2.24 bits per heavy atom. The van der Waals surface area contributed by atoms with E-state index in [1.807, 2.05) is 0 Å². The van der Waals surface area contributed by atoms with Crippen LogP contribution < -0.4 is 5.73 Å². The van der Waals surface area contributed by atoms with Crippen LogP contribution in [0.5, 0.6) is 0 Å². The molecule has 0 fully saturated rings. The van der Waals surface area contributed by atoms with Gasteiger partial charge < -0.3 is 21.1 Å². The average Bonchev–Trinajstić information content (AvgIpc) is 2.52. The van der Waals surface area contributed by atoms with Crippen LogP contribution in [-0.2, 0) is 9.59 Å². The maximum Gasteiger partial charge on any atom is 0.408 e. The molecule has 0 aromatic heterocycles. The van der Waals surface area contributed by atoms with Crippen molar-refractivity contribution in [3.05, 3.63) is 0 Å². The van der Waals surface area contributed by atoms with E-state index in [1.54, 1.807) is 0 Å². The fourth-order valence-corrected chi connectivity index (χ4v) is 2.44. The van der Waals surface area contributed by atoms with Gasteiger partial charge in [0, 0.05) is 13.0 Å². The van der Waals surface area contributed by atoms with Gasteiger partial charge in [0.25, 0.3) is 0 Å². The molecule has 144 valence electrons. The van der Waals surface area contributed by atoms with Crippen molar-refractivity contribution in [2.75, 3.05) is 18.8 Å². The van der Waals surface area contributed by atoms with Crippen LogP contribution in [0.15, 0.2) is 4.99 Å². The molecule has 0 aliphatic rings. The monoisotopic (exact) mass is 377 g/mol. The number of unbranched alkanes of at least 4 members (excludes halogenated alkanes) is 3. The molecule has 1 atom stereocenters. The first-order valence-electron chi connectivity index (χ1n) is 8.13. The predicted octanol–water partition coefficient (Wildman–Crippen LogP) is 1.52. The quantitative estimate of drug-likeness (QED) is 0.133. The third-order valence-electron chi connectivity index (χ3n) is 3.50. The first-order chi connectivity index (χ1) is 11.8.